The third-order valence-electron chi connectivity index (χ3n) is 4.46. The van der Waals surface area contributed by atoms with Gasteiger partial charge in [-0.1, -0.05) is 24.3 Å². The molecule has 0 aliphatic carbocycles. The van der Waals surface area contributed by atoms with Crippen molar-refractivity contribution in [2.75, 3.05) is 11.9 Å². The second-order valence-corrected chi connectivity index (χ2v) is 6.03. The lowest BCUT2D eigenvalue weighted by Gasteiger charge is -2.23. The minimum atomic E-state index is -0.528. The second kappa shape index (κ2) is 6.51. The lowest BCUT2D eigenvalue weighted by Crippen LogP contribution is -2.19. The van der Waals surface area contributed by atoms with E-state index in [1.807, 2.05) is 16.9 Å². The molecular weight excluding hydrogens is 318 g/mol. The molecule has 0 saturated heterocycles. The number of benzene rings is 1. The van der Waals surface area contributed by atoms with Gasteiger partial charge in [-0.05, 0) is 30.9 Å². The molecule has 3 heterocycles. The summed E-state index contributed by atoms with van der Waals surface area (Å²) in [5.41, 5.74) is 2.29. The summed E-state index contributed by atoms with van der Waals surface area (Å²) < 4.78 is 6.73. The van der Waals surface area contributed by atoms with E-state index in [9.17, 15) is 4.79 Å². The third-order valence-corrected chi connectivity index (χ3v) is 4.46. The van der Waals surface area contributed by atoms with Crippen molar-refractivity contribution in [3.63, 3.8) is 0 Å². The van der Waals surface area contributed by atoms with Crippen LogP contribution in [0.15, 0.2) is 36.5 Å². The van der Waals surface area contributed by atoms with E-state index in [1.54, 1.807) is 6.92 Å². The van der Waals surface area contributed by atoms with E-state index in [0.29, 0.717) is 18.5 Å². The zero-order valence-corrected chi connectivity index (χ0v) is 14.0. The third kappa shape index (κ3) is 3.05. The summed E-state index contributed by atoms with van der Waals surface area (Å²) in [4.78, 5) is 20.5. The molecule has 7 heteroatoms. The van der Waals surface area contributed by atoms with Gasteiger partial charge in [0.2, 0.25) is 0 Å². The first-order chi connectivity index (χ1) is 12.2. The van der Waals surface area contributed by atoms with E-state index < -0.39 is 6.09 Å². The molecule has 7 nitrogen and oxygen atoms in total. The fourth-order valence-electron chi connectivity index (χ4n) is 3.34. The number of ether oxygens (including phenoxy) is 1. The highest BCUT2D eigenvalue weighted by Crippen LogP contribution is 2.32. The molecule has 1 aliphatic rings. The van der Waals surface area contributed by atoms with Crippen molar-refractivity contribution < 1.29 is 9.53 Å². The highest BCUT2D eigenvalue weighted by molar-refractivity contribution is 5.82. The van der Waals surface area contributed by atoms with Crippen molar-refractivity contribution in [2.45, 2.75) is 32.2 Å². The summed E-state index contributed by atoms with van der Waals surface area (Å²) in [5, 5.41) is 8.06. The molecule has 0 spiro atoms. The van der Waals surface area contributed by atoms with Gasteiger partial charge in [-0.25, -0.2) is 9.48 Å². The lowest BCUT2D eigenvalue weighted by atomic mass is 9.88. The molecule has 1 aliphatic heterocycles. The predicted molar refractivity (Wildman–Crippen MR) is 93.5 cm³/mol. The highest BCUT2D eigenvalue weighted by atomic mass is 16.5. The number of rotatable bonds is 3. The minimum Gasteiger partial charge on any atom is -0.450 e. The number of nitrogens with one attached hydrogen (secondary N) is 1. The van der Waals surface area contributed by atoms with Gasteiger partial charge in [-0.3, -0.25) is 10.3 Å². The molecule has 0 saturated carbocycles. The largest absolute Gasteiger partial charge is 0.450 e. The van der Waals surface area contributed by atoms with E-state index in [2.05, 4.69) is 44.6 Å². The molecule has 1 atom stereocenters. The number of hydrogen-bond acceptors (Lipinski definition) is 5. The molecule has 128 valence electrons. The Morgan fingerprint density at radius 1 is 1.36 bits per heavy atom. The van der Waals surface area contributed by atoms with Crippen molar-refractivity contribution in [2.24, 2.45) is 0 Å². The number of carbonyl (C=O) groups excluding carboxylic acids is 1. The van der Waals surface area contributed by atoms with Crippen LogP contribution in [0.25, 0.3) is 10.9 Å². The maximum Gasteiger partial charge on any atom is 0.414 e. The molecule has 3 aromatic rings. The van der Waals surface area contributed by atoms with Gasteiger partial charge in [0, 0.05) is 24.5 Å². The van der Waals surface area contributed by atoms with Crippen LogP contribution in [0, 0.1) is 0 Å². The fourth-order valence-corrected chi connectivity index (χ4v) is 3.34. The van der Waals surface area contributed by atoms with Gasteiger partial charge in [0.25, 0.3) is 5.95 Å². The van der Waals surface area contributed by atoms with Crippen molar-refractivity contribution in [1.82, 2.24) is 19.7 Å². The molecule has 0 radical (unpaired) electrons. The topological polar surface area (TPSA) is 81.9 Å². The summed E-state index contributed by atoms with van der Waals surface area (Å²) in [6.45, 7) is 2.84. The number of fused-ring (bicyclic) bond motifs is 2. The Morgan fingerprint density at radius 2 is 2.24 bits per heavy atom. The molecule has 1 amide bonds. The molecule has 0 fully saturated rings. The number of anilines is 1. The Hall–Kier alpha value is -2.96. The Morgan fingerprint density at radius 3 is 3.12 bits per heavy atom. The van der Waals surface area contributed by atoms with Crippen LogP contribution in [0.1, 0.15) is 30.7 Å². The molecular formula is C18H19N5O2. The van der Waals surface area contributed by atoms with E-state index in [4.69, 9.17) is 4.74 Å². The predicted octanol–water partition coefficient (Wildman–Crippen LogP) is 3.12. The number of para-hydroxylation sites is 1. The van der Waals surface area contributed by atoms with Crippen LogP contribution in [0.3, 0.4) is 0 Å². The first-order valence-corrected chi connectivity index (χ1v) is 8.45. The van der Waals surface area contributed by atoms with Gasteiger partial charge in [0.05, 0.1) is 12.1 Å². The van der Waals surface area contributed by atoms with Crippen molar-refractivity contribution >= 4 is 22.9 Å². The molecule has 25 heavy (non-hydrogen) atoms. The van der Waals surface area contributed by atoms with E-state index in [1.165, 1.54) is 5.56 Å². The first-order valence-electron chi connectivity index (χ1n) is 8.45. The Balaban J connectivity index is 1.58. The Labute approximate surface area is 145 Å². The molecule has 0 bridgehead atoms. The van der Waals surface area contributed by atoms with Crippen molar-refractivity contribution in [3.8, 4) is 0 Å². The summed E-state index contributed by atoms with van der Waals surface area (Å²) >= 11 is 0. The number of amides is 1. The minimum absolute atomic E-state index is 0.296. The summed E-state index contributed by atoms with van der Waals surface area (Å²) in [6, 6.07) is 10.3. The number of pyridine rings is 1. The molecule has 1 aromatic carbocycles. The normalized spacial score (nSPS) is 16.4. The van der Waals surface area contributed by atoms with Crippen molar-refractivity contribution in [1.29, 1.82) is 0 Å². The second-order valence-electron chi connectivity index (χ2n) is 6.03. The smallest absolute Gasteiger partial charge is 0.414 e. The highest BCUT2D eigenvalue weighted by Gasteiger charge is 2.25. The summed E-state index contributed by atoms with van der Waals surface area (Å²) in [6.07, 6.45) is 3.04. The van der Waals surface area contributed by atoms with Gasteiger partial charge < -0.3 is 4.74 Å². The molecule has 4 rings (SSSR count). The zero-order chi connectivity index (χ0) is 17.2. The molecule has 1 N–H and O–H groups in total. The number of carbonyl (C=O) groups is 1. The van der Waals surface area contributed by atoms with Gasteiger partial charge >= 0.3 is 6.09 Å². The average molecular weight is 337 g/mol. The average Bonchev–Trinajstić information content (AvgIpc) is 3.02. The van der Waals surface area contributed by atoms with Crippen molar-refractivity contribution in [3.05, 3.63) is 47.9 Å². The van der Waals surface area contributed by atoms with Gasteiger partial charge in [-0.15, -0.1) is 5.10 Å². The monoisotopic (exact) mass is 337 g/mol. The maximum absolute atomic E-state index is 11.5. The maximum atomic E-state index is 11.5. The lowest BCUT2D eigenvalue weighted by molar-refractivity contribution is 0.167. The van der Waals surface area contributed by atoms with Crippen LogP contribution in [-0.4, -0.2) is 32.4 Å². The van der Waals surface area contributed by atoms with Crippen LogP contribution in [0.2, 0.25) is 0 Å². The molecule has 2 aromatic heterocycles. The SMILES string of the molecule is CCOC(=O)Nc1nc2n(n1)CCC(c1cccc3cccnc13)C2. The van der Waals surface area contributed by atoms with Crippen LogP contribution in [0.5, 0.6) is 0 Å². The number of aromatic nitrogens is 4. The Bertz CT molecular complexity index is 915. The number of nitrogens with zero attached hydrogens (tertiary/aromatic N) is 4. The quantitative estimate of drug-likeness (QED) is 0.794. The van der Waals surface area contributed by atoms with Crippen LogP contribution in [-0.2, 0) is 17.7 Å². The summed E-state index contributed by atoms with van der Waals surface area (Å²) in [7, 11) is 0. The van der Waals surface area contributed by atoms with Crippen LogP contribution >= 0.6 is 0 Å². The van der Waals surface area contributed by atoms with E-state index in [0.717, 1.165) is 36.1 Å². The zero-order valence-electron chi connectivity index (χ0n) is 14.0. The standard InChI is InChI=1S/C18H19N5O2/c1-2-25-18(24)21-17-20-15-11-13(8-10-23(15)22-17)14-7-3-5-12-6-4-9-19-16(12)14/h3-7,9,13H,2,8,10-11H2,1H3,(H,21,22,24). The van der Waals surface area contributed by atoms with E-state index >= 15 is 0 Å². The fraction of sp³-hybridized carbons (Fsp3) is 0.333. The summed E-state index contributed by atoms with van der Waals surface area (Å²) in [5.74, 6) is 1.51. The number of hydrogen-bond donors (Lipinski definition) is 1. The molecule has 1 unspecified atom stereocenters. The van der Waals surface area contributed by atoms with Gasteiger partial charge in [0.1, 0.15) is 5.82 Å². The van der Waals surface area contributed by atoms with Gasteiger partial charge in [0.15, 0.2) is 0 Å². The van der Waals surface area contributed by atoms with Gasteiger partial charge in [-0.2, -0.15) is 4.98 Å². The first kappa shape index (κ1) is 15.6. The van der Waals surface area contributed by atoms with Crippen LogP contribution < -0.4 is 5.32 Å². The number of aryl methyl sites for hydroxylation is 1. The van der Waals surface area contributed by atoms with E-state index in [-0.39, 0.29) is 0 Å². The Kier molecular flexibility index (Phi) is 4.05. The van der Waals surface area contributed by atoms with Crippen LogP contribution in [0.4, 0.5) is 10.7 Å².